The fourth-order valence-electron chi connectivity index (χ4n) is 2.38. The molecule has 0 spiro atoms. The molecule has 1 aliphatic rings. The van der Waals surface area contributed by atoms with Crippen LogP contribution >= 0.6 is 11.6 Å². The Labute approximate surface area is 149 Å². The summed E-state index contributed by atoms with van der Waals surface area (Å²) >= 11 is 5.88. The van der Waals surface area contributed by atoms with E-state index >= 15 is 0 Å². The quantitative estimate of drug-likeness (QED) is 0.840. The zero-order valence-electron chi connectivity index (χ0n) is 13.1. The highest BCUT2D eigenvalue weighted by Gasteiger charge is 2.41. The van der Waals surface area contributed by atoms with E-state index in [1.165, 1.54) is 25.3 Å². The van der Waals surface area contributed by atoms with E-state index in [1.807, 2.05) is 0 Å². The van der Waals surface area contributed by atoms with Crippen molar-refractivity contribution in [2.24, 2.45) is 0 Å². The van der Waals surface area contributed by atoms with Crippen LogP contribution in [0, 0.1) is 0 Å². The van der Waals surface area contributed by atoms with E-state index in [0.29, 0.717) is 5.02 Å². The number of carbonyl (C=O) groups is 2. The summed E-state index contributed by atoms with van der Waals surface area (Å²) in [5.41, 5.74) is 0.202. The highest BCUT2D eigenvalue weighted by molar-refractivity contribution is 6.31. The van der Waals surface area contributed by atoms with E-state index in [1.54, 1.807) is 0 Å². The maximum absolute atomic E-state index is 12.8. The molecule has 0 aliphatic carbocycles. The van der Waals surface area contributed by atoms with Gasteiger partial charge in [0.2, 0.25) is 17.8 Å². The molecule has 2 amide bonds. The molecule has 0 saturated heterocycles. The standard InChI is InChI=1S/C14H11ClF3N5O3/c1-26-9-3-2-6(15)4-7(9)19-11(25)8-5-10(24)20-13-21-12(14(16,17)18)22-23(8)13/h2-4,8H,5H2,1H3,(H,19,25)(H,20,21,22,24). The van der Waals surface area contributed by atoms with Gasteiger partial charge in [0.05, 0.1) is 19.2 Å². The molecule has 1 aromatic heterocycles. The maximum Gasteiger partial charge on any atom is 0.453 e. The summed E-state index contributed by atoms with van der Waals surface area (Å²) in [7, 11) is 1.37. The number of aromatic nitrogens is 3. The second-order valence-corrected chi connectivity index (χ2v) is 5.74. The molecule has 0 saturated carbocycles. The van der Waals surface area contributed by atoms with E-state index in [4.69, 9.17) is 16.3 Å². The van der Waals surface area contributed by atoms with Gasteiger partial charge in [-0.3, -0.25) is 14.9 Å². The molecule has 2 heterocycles. The number of anilines is 2. The molecular weight excluding hydrogens is 379 g/mol. The van der Waals surface area contributed by atoms with Gasteiger partial charge in [-0.2, -0.15) is 18.2 Å². The van der Waals surface area contributed by atoms with Crippen LogP contribution in [-0.4, -0.2) is 33.7 Å². The van der Waals surface area contributed by atoms with Crippen molar-refractivity contribution < 1.29 is 27.5 Å². The lowest BCUT2D eigenvalue weighted by molar-refractivity contribution is -0.145. The van der Waals surface area contributed by atoms with Crippen LogP contribution in [-0.2, 0) is 15.8 Å². The van der Waals surface area contributed by atoms with Crippen LogP contribution in [0.2, 0.25) is 5.02 Å². The van der Waals surface area contributed by atoms with Crippen LogP contribution in [0.4, 0.5) is 24.8 Å². The fraction of sp³-hybridized carbons (Fsp3) is 0.286. The van der Waals surface area contributed by atoms with Gasteiger partial charge in [0, 0.05) is 5.02 Å². The van der Waals surface area contributed by atoms with E-state index in [2.05, 4.69) is 20.7 Å². The van der Waals surface area contributed by atoms with Crippen LogP contribution in [0.5, 0.6) is 5.75 Å². The number of nitrogens with zero attached hydrogens (tertiary/aromatic N) is 3. The number of ether oxygens (including phenoxy) is 1. The number of fused-ring (bicyclic) bond motifs is 1. The SMILES string of the molecule is COc1ccc(Cl)cc1NC(=O)C1CC(=O)Nc2nc(C(F)(F)F)nn21. The summed E-state index contributed by atoms with van der Waals surface area (Å²) < 4.78 is 44.2. The second-order valence-electron chi connectivity index (χ2n) is 5.30. The first kappa shape index (κ1) is 18.0. The summed E-state index contributed by atoms with van der Waals surface area (Å²) in [6.45, 7) is 0. The molecule has 0 radical (unpaired) electrons. The number of benzene rings is 1. The van der Waals surface area contributed by atoms with Crippen LogP contribution < -0.4 is 15.4 Å². The van der Waals surface area contributed by atoms with E-state index in [-0.39, 0.29) is 11.4 Å². The van der Waals surface area contributed by atoms with Crippen molar-refractivity contribution in [2.75, 3.05) is 17.7 Å². The number of carbonyl (C=O) groups excluding carboxylic acids is 2. The Balaban J connectivity index is 1.93. The zero-order valence-corrected chi connectivity index (χ0v) is 13.9. The number of hydrogen-bond acceptors (Lipinski definition) is 5. The molecule has 12 heteroatoms. The van der Waals surface area contributed by atoms with Crippen LogP contribution in [0.15, 0.2) is 18.2 Å². The van der Waals surface area contributed by atoms with Crippen LogP contribution in [0.25, 0.3) is 0 Å². The third-order valence-electron chi connectivity index (χ3n) is 3.53. The van der Waals surface area contributed by atoms with Crippen molar-refractivity contribution in [3.63, 3.8) is 0 Å². The predicted molar refractivity (Wildman–Crippen MR) is 83.9 cm³/mol. The molecule has 1 unspecified atom stereocenters. The molecule has 0 bridgehead atoms. The molecule has 138 valence electrons. The van der Waals surface area contributed by atoms with Gasteiger partial charge >= 0.3 is 6.18 Å². The Bertz CT molecular complexity index is 883. The van der Waals surface area contributed by atoms with Gasteiger partial charge in [0.25, 0.3) is 5.82 Å². The molecule has 26 heavy (non-hydrogen) atoms. The van der Waals surface area contributed by atoms with Crippen molar-refractivity contribution in [2.45, 2.75) is 18.6 Å². The highest BCUT2D eigenvalue weighted by atomic mass is 35.5. The molecule has 1 aliphatic heterocycles. The van der Waals surface area contributed by atoms with Gasteiger partial charge in [0.1, 0.15) is 11.8 Å². The van der Waals surface area contributed by atoms with Gasteiger partial charge in [-0.25, -0.2) is 4.68 Å². The first-order chi connectivity index (χ1) is 12.2. The fourth-order valence-corrected chi connectivity index (χ4v) is 2.55. The number of amides is 2. The van der Waals surface area contributed by atoms with Crippen molar-refractivity contribution in [1.29, 1.82) is 0 Å². The van der Waals surface area contributed by atoms with Crippen molar-refractivity contribution in [1.82, 2.24) is 14.8 Å². The van der Waals surface area contributed by atoms with Crippen molar-refractivity contribution in [3.8, 4) is 5.75 Å². The Morgan fingerprint density at radius 1 is 1.46 bits per heavy atom. The maximum atomic E-state index is 12.8. The molecule has 3 rings (SSSR count). The summed E-state index contributed by atoms with van der Waals surface area (Å²) in [6, 6.07) is 3.14. The Hall–Kier alpha value is -2.82. The van der Waals surface area contributed by atoms with E-state index in [0.717, 1.165) is 4.68 Å². The minimum absolute atomic E-state index is 0.202. The summed E-state index contributed by atoms with van der Waals surface area (Å²) in [4.78, 5) is 27.5. The number of methoxy groups -OCH3 is 1. The number of rotatable bonds is 3. The number of nitrogens with one attached hydrogen (secondary N) is 2. The van der Waals surface area contributed by atoms with Gasteiger partial charge in [-0.1, -0.05) is 11.6 Å². The van der Waals surface area contributed by atoms with Gasteiger partial charge < -0.3 is 10.1 Å². The summed E-state index contributed by atoms with van der Waals surface area (Å²) in [5, 5.41) is 8.26. The summed E-state index contributed by atoms with van der Waals surface area (Å²) in [6.07, 6.45) is -5.21. The Morgan fingerprint density at radius 3 is 2.85 bits per heavy atom. The first-order valence-electron chi connectivity index (χ1n) is 7.17. The Morgan fingerprint density at radius 2 is 2.19 bits per heavy atom. The van der Waals surface area contributed by atoms with Crippen LogP contribution in [0.3, 0.4) is 0 Å². The molecule has 8 nitrogen and oxygen atoms in total. The van der Waals surface area contributed by atoms with E-state index in [9.17, 15) is 22.8 Å². The molecule has 1 atom stereocenters. The van der Waals surface area contributed by atoms with Crippen molar-refractivity contribution in [3.05, 3.63) is 29.0 Å². The lowest BCUT2D eigenvalue weighted by atomic mass is 10.1. The smallest absolute Gasteiger partial charge is 0.453 e. The topological polar surface area (TPSA) is 98.1 Å². The zero-order chi connectivity index (χ0) is 19.1. The number of hydrogen-bond donors (Lipinski definition) is 2. The second kappa shape index (κ2) is 6.48. The average molecular weight is 390 g/mol. The van der Waals surface area contributed by atoms with Gasteiger partial charge in [0.15, 0.2) is 0 Å². The first-order valence-corrected chi connectivity index (χ1v) is 7.55. The third kappa shape index (κ3) is 3.43. The van der Waals surface area contributed by atoms with Crippen molar-refractivity contribution >= 4 is 35.1 Å². The normalized spacial score (nSPS) is 16.7. The van der Waals surface area contributed by atoms with Gasteiger partial charge in [-0.15, -0.1) is 5.10 Å². The monoisotopic (exact) mass is 389 g/mol. The highest BCUT2D eigenvalue weighted by Crippen LogP contribution is 2.33. The van der Waals surface area contributed by atoms with E-state index < -0.39 is 42.2 Å². The minimum Gasteiger partial charge on any atom is -0.495 e. The predicted octanol–water partition coefficient (Wildman–Crippen LogP) is 2.48. The van der Waals surface area contributed by atoms with Gasteiger partial charge in [-0.05, 0) is 18.2 Å². The molecule has 1 aromatic carbocycles. The van der Waals surface area contributed by atoms with Crippen LogP contribution in [0.1, 0.15) is 18.3 Å². The summed E-state index contributed by atoms with van der Waals surface area (Å²) in [5.74, 6) is -3.03. The molecule has 0 fully saturated rings. The molecule has 2 aromatic rings. The largest absolute Gasteiger partial charge is 0.495 e. The minimum atomic E-state index is -4.81. The molecule has 2 N–H and O–H groups in total. The lowest BCUT2D eigenvalue weighted by Gasteiger charge is -2.22. The number of alkyl halides is 3. The third-order valence-corrected chi connectivity index (χ3v) is 3.77. The number of halogens is 4. The lowest BCUT2D eigenvalue weighted by Crippen LogP contribution is -2.36. The average Bonchev–Trinajstić information content (AvgIpc) is 2.98. The molecular formula is C14H11ClF3N5O3. The Kier molecular flexibility index (Phi) is 4.48.